The van der Waals surface area contributed by atoms with Crippen LogP contribution in [0, 0.1) is 17.3 Å². The average Bonchev–Trinajstić information content (AvgIpc) is 3.08. The molecule has 1 spiro atoms. The fourth-order valence-corrected chi connectivity index (χ4v) is 4.94. The number of hydrogen-bond donors (Lipinski definition) is 2. The van der Waals surface area contributed by atoms with Crippen LogP contribution in [-0.4, -0.2) is 46.7 Å². The van der Waals surface area contributed by atoms with Crippen molar-refractivity contribution in [2.45, 2.75) is 50.1 Å². The van der Waals surface area contributed by atoms with Crippen molar-refractivity contribution in [3.8, 4) is 0 Å². The summed E-state index contributed by atoms with van der Waals surface area (Å²) < 4.78 is 11.0. The molecule has 2 saturated carbocycles. The number of hydrogen-bond acceptors (Lipinski definition) is 5. The first-order valence-electron chi connectivity index (χ1n) is 7.29. The Kier molecular flexibility index (Phi) is 2.33. The minimum atomic E-state index is -0.741. The minimum Gasteiger partial charge on any atom is -0.458 e. The summed E-state index contributed by atoms with van der Waals surface area (Å²) in [6, 6.07) is 0. The van der Waals surface area contributed by atoms with Crippen LogP contribution in [0.3, 0.4) is 0 Å². The number of epoxide rings is 1. The van der Waals surface area contributed by atoms with Crippen molar-refractivity contribution in [3.05, 3.63) is 12.2 Å². The summed E-state index contributed by atoms with van der Waals surface area (Å²) in [4.78, 5) is 11.7. The fraction of sp³-hybridized carbons (Fsp3) is 0.800. The van der Waals surface area contributed by atoms with Gasteiger partial charge in [-0.25, -0.2) is 4.79 Å². The zero-order chi connectivity index (χ0) is 14.3. The zero-order valence-electron chi connectivity index (χ0n) is 11.5. The minimum absolute atomic E-state index is 0.161. The predicted octanol–water partition coefficient (Wildman–Crippen LogP) is 0.395. The second kappa shape index (κ2) is 3.64. The van der Waals surface area contributed by atoms with Gasteiger partial charge >= 0.3 is 5.97 Å². The molecular formula is C15H20O5. The second-order valence-electron chi connectivity index (χ2n) is 7.08. The van der Waals surface area contributed by atoms with Crippen LogP contribution in [0.25, 0.3) is 0 Å². The molecule has 2 aliphatic carbocycles. The number of rotatable bonds is 0. The van der Waals surface area contributed by atoms with Crippen molar-refractivity contribution in [2.75, 3.05) is 6.61 Å². The molecule has 5 heteroatoms. The van der Waals surface area contributed by atoms with E-state index in [-0.39, 0.29) is 23.5 Å². The summed E-state index contributed by atoms with van der Waals surface area (Å²) >= 11 is 0. The van der Waals surface area contributed by atoms with Gasteiger partial charge in [0, 0.05) is 16.9 Å². The van der Waals surface area contributed by atoms with Crippen LogP contribution in [0.15, 0.2) is 12.2 Å². The monoisotopic (exact) mass is 280 g/mol. The van der Waals surface area contributed by atoms with Crippen molar-refractivity contribution >= 4 is 5.97 Å². The van der Waals surface area contributed by atoms with Gasteiger partial charge in [0.05, 0.1) is 30.3 Å². The van der Waals surface area contributed by atoms with Crippen LogP contribution in [0.4, 0.5) is 0 Å². The molecule has 0 aromatic heterocycles. The lowest BCUT2D eigenvalue weighted by molar-refractivity contribution is -0.186. The third-order valence-electron chi connectivity index (χ3n) is 6.07. The highest BCUT2D eigenvalue weighted by Crippen LogP contribution is 2.62. The topological polar surface area (TPSA) is 79.3 Å². The summed E-state index contributed by atoms with van der Waals surface area (Å²) in [6.07, 6.45) is 0.405. The third-order valence-corrected chi connectivity index (χ3v) is 6.07. The van der Waals surface area contributed by atoms with Gasteiger partial charge in [-0.15, -0.1) is 0 Å². The first-order valence-corrected chi connectivity index (χ1v) is 7.29. The summed E-state index contributed by atoms with van der Waals surface area (Å²) in [5, 5.41) is 21.3. The van der Waals surface area contributed by atoms with Gasteiger partial charge in [0.25, 0.3) is 0 Å². The van der Waals surface area contributed by atoms with E-state index in [9.17, 15) is 15.0 Å². The van der Waals surface area contributed by atoms with Crippen molar-refractivity contribution < 1.29 is 24.5 Å². The van der Waals surface area contributed by atoms with E-state index in [2.05, 4.69) is 6.58 Å². The molecule has 20 heavy (non-hydrogen) atoms. The Bertz CT molecular complexity index is 496. The average molecular weight is 280 g/mol. The smallest absolute Gasteiger partial charge is 0.334 e. The Balaban J connectivity index is 1.77. The van der Waals surface area contributed by atoms with E-state index in [1.807, 2.05) is 6.92 Å². The van der Waals surface area contributed by atoms with Crippen molar-refractivity contribution in [3.63, 3.8) is 0 Å². The lowest BCUT2D eigenvalue weighted by Gasteiger charge is -2.55. The van der Waals surface area contributed by atoms with E-state index in [0.717, 1.165) is 6.42 Å². The van der Waals surface area contributed by atoms with Crippen LogP contribution < -0.4 is 0 Å². The lowest BCUT2D eigenvalue weighted by atomic mass is 9.51. The molecule has 0 bridgehead atoms. The number of aliphatic hydroxyl groups excluding tert-OH is 2. The number of ether oxygens (including phenoxy) is 2. The maximum atomic E-state index is 11.7. The van der Waals surface area contributed by atoms with Gasteiger partial charge in [-0.05, 0) is 19.3 Å². The molecule has 0 amide bonds. The van der Waals surface area contributed by atoms with E-state index >= 15 is 0 Å². The van der Waals surface area contributed by atoms with Gasteiger partial charge in [-0.3, -0.25) is 0 Å². The Morgan fingerprint density at radius 3 is 2.75 bits per heavy atom. The van der Waals surface area contributed by atoms with E-state index in [1.165, 1.54) is 0 Å². The maximum absolute atomic E-state index is 11.7. The van der Waals surface area contributed by atoms with Crippen molar-refractivity contribution in [1.82, 2.24) is 0 Å². The molecule has 0 aromatic carbocycles. The molecular weight excluding hydrogens is 260 g/mol. The van der Waals surface area contributed by atoms with Crippen LogP contribution in [-0.2, 0) is 14.3 Å². The largest absolute Gasteiger partial charge is 0.458 e. The van der Waals surface area contributed by atoms with Gasteiger partial charge in [-0.1, -0.05) is 13.5 Å². The molecule has 2 N–H and O–H groups in total. The van der Waals surface area contributed by atoms with Crippen LogP contribution >= 0.6 is 0 Å². The fourth-order valence-electron chi connectivity index (χ4n) is 4.94. The standard InChI is InChI=1S/C15H20O5/c1-7-10-8(20-13(7)18)5-14(2)9(16)3-4-15(6-19-15)12(14)11(10)17/h8-12,16-17H,1,3-6H2,2H3. The Morgan fingerprint density at radius 2 is 2.10 bits per heavy atom. The molecule has 7 atom stereocenters. The first-order chi connectivity index (χ1) is 9.39. The molecule has 2 saturated heterocycles. The lowest BCUT2D eigenvalue weighted by Crippen LogP contribution is -2.62. The maximum Gasteiger partial charge on any atom is 0.334 e. The highest BCUT2D eigenvalue weighted by Gasteiger charge is 2.70. The molecule has 2 aliphatic heterocycles. The van der Waals surface area contributed by atoms with Gasteiger partial charge in [-0.2, -0.15) is 0 Å². The van der Waals surface area contributed by atoms with Gasteiger partial charge < -0.3 is 19.7 Å². The number of carbonyl (C=O) groups excluding carboxylic acids is 1. The molecule has 110 valence electrons. The Labute approximate surface area is 117 Å². The van der Waals surface area contributed by atoms with Crippen LogP contribution in [0.5, 0.6) is 0 Å². The van der Waals surface area contributed by atoms with E-state index < -0.39 is 23.6 Å². The second-order valence-corrected chi connectivity index (χ2v) is 7.08. The molecule has 2 heterocycles. The number of aliphatic hydroxyl groups is 2. The Hall–Kier alpha value is -0.910. The van der Waals surface area contributed by atoms with Crippen LogP contribution in [0.2, 0.25) is 0 Å². The molecule has 0 radical (unpaired) electrons. The molecule has 4 aliphatic rings. The summed E-state index contributed by atoms with van der Waals surface area (Å²) in [5.74, 6) is -0.931. The van der Waals surface area contributed by atoms with Crippen LogP contribution in [0.1, 0.15) is 26.2 Å². The predicted molar refractivity (Wildman–Crippen MR) is 68.7 cm³/mol. The zero-order valence-corrected chi connectivity index (χ0v) is 11.5. The molecule has 4 fully saturated rings. The normalized spacial score (nSPS) is 57.2. The SMILES string of the molecule is C=C1C(=O)OC2CC3(C)C(O)CCC4(CO4)C3C(O)C12. The summed E-state index contributed by atoms with van der Waals surface area (Å²) in [7, 11) is 0. The van der Waals surface area contributed by atoms with Crippen molar-refractivity contribution in [1.29, 1.82) is 0 Å². The highest BCUT2D eigenvalue weighted by molar-refractivity contribution is 5.91. The Morgan fingerprint density at radius 1 is 1.40 bits per heavy atom. The highest BCUT2D eigenvalue weighted by atomic mass is 16.6. The summed E-state index contributed by atoms with van der Waals surface area (Å²) in [6.45, 7) is 6.40. The van der Waals surface area contributed by atoms with E-state index in [4.69, 9.17) is 9.47 Å². The quantitative estimate of drug-likeness (QED) is 0.381. The van der Waals surface area contributed by atoms with E-state index in [0.29, 0.717) is 25.0 Å². The molecule has 0 aromatic rings. The van der Waals surface area contributed by atoms with E-state index in [1.54, 1.807) is 0 Å². The number of esters is 1. The van der Waals surface area contributed by atoms with Gasteiger partial charge in [0.1, 0.15) is 6.10 Å². The molecule has 5 nitrogen and oxygen atoms in total. The van der Waals surface area contributed by atoms with Gasteiger partial charge in [0.2, 0.25) is 0 Å². The molecule has 4 rings (SSSR count). The molecule has 7 unspecified atom stereocenters. The summed E-state index contributed by atoms with van der Waals surface area (Å²) in [5.41, 5.74) is -0.426. The third kappa shape index (κ3) is 1.36. The van der Waals surface area contributed by atoms with Gasteiger partial charge in [0.15, 0.2) is 0 Å². The number of fused-ring (bicyclic) bond motifs is 3. The number of carbonyl (C=O) groups is 1. The first kappa shape index (κ1) is 12.8. The van der Waals surface area contributed by atoms with Crippen molar-refractivity contribution in [2.24, 2.45) is 17.3 Å².